The summed E-state index contributed by atoms with van der Waals surface area (Å²) >= 11 is 0. The molecular weight excluding hydrogens is 356 g/mol. The van der Waals surface area contributed by atoms with Gasteiger partial charge in [0.05, 0.1) is 11.9 Å². The molecule has 2 aromatic heterocycles. The van der Waals surface area contributed by atoms with Crippen LogP contribution >= 0.6 is 0 Å². The fourth-order valence-corrected chi connectivity index (χ4v) is 3.14. The van der Waals surface area contributed by atoms with Gasteiger partial charge in [-0.3, -0.25) is 4.90 Å². The van der Waals surface area contributed by atoms with Crippen LogP contribution in [0.1, 0.15) is 50.8 Å². The van der Waals surface area contributed by atoms with Gasteiger partial charge in [-0.2, -0.15) is 0 Å². The van der Waals surface area contributed by atoms with Gasteiger partial charge < -0.3 is 19.2 Å². The molecule has 0 atom stereocenters. The fraction of sp³-hybridized carbons (Fsp3) is 0.650. The van der Waals surface area contributed by atoms with Gasteiger partial charge in [0.2, 0.25) is 5.89 Å². The average Bonchev–Trinajstić information content (AvgIpc) is 3.28. The van der Waals surface area contributed by atoms with E-state index in [1.165, 1.54) is 0 Å². The highest BCUT2D eigenvalue weighted by molar-refractivity contribution is 5.80. The summed E-state index contributed by atoms with van der Waals surface area (Å²) in [6, 6.07) is 2.00. The zero-order chi connectivity index (χ0) is 20.1. The molecule has 8 nitrogen and oxygen atoms in total. The Balaban J connectivity index is 1.56. The Hall–Kier alpha value is -2.35. The highest BCUT2D eigenvalue weighted by atomic mass is 16.5. The Morgan fingerprint density at radius 3 is 2.57 bits per heavy atom. The molecule has 28 heavy (non-hydrogen) atoms. The molecule has 0 aromatic carbocycles. The van der Waals surface area contributed by atoms with Crippen LogP contribution in [-0.2, 0) is 18.5 Å². The van der Waals surface area contributed by atoms with Crippen molar-refractivity contribution in [1.82, 2.24) is 25.3 Å². The van der Waals surface area contributed by atoms with Crippen molar-refractivity contribution in [3.63, 3.8) is 0 Å². The first-order chi connectivity index (χ1) is 13.3. The van der Waals surface area contributed by atoms with Gasteiger partial charge in [0.25, 0.3) is 0 Å². The molecule has 1 aliphatic rings. The van der Waals surface area contributed by atoms with E-state index in [0.717, 1.165) is 62.4 Å². The van der Waals surface area contributed by atoms with Crippen LogP contribution < -0.4 is 5.32 Å². The molecule has 1 aliphatic heterocycles. The maximum Gasteiger partial charge on any atom is 0.216 e. The maximum absolute atomic E-state index is 5.86. The number of nitrogens with one attached hydrogen (secondary N) is 1. The number of hydrogen-bond acceptors (Lipinski definition) is 6. The Morgan fingerprint density at radius 1 is 1.25 bits per heavy atom. The van der Waals surface area contributed by atoms with Crippen LogP contribution in [0.15, 0.2) is 26.2 Å². The molecule has 1 N–H and O–H groups in total. The third-order valence-electron chi connectivity index (χ3n) is 4.73. The van der Waals surface area contributed by atoms with Gasteiger partial charge in [-0.15, -0.1) is 0 Å². The van der Waals surface area contributed by atoms with Crippen LogP contribution in [0, 0.1) is 6.92 Å². The van der Waals surface area contributed by atoms with E-state index < -0.39 is 0 Å². The first-order valence-corrected chi connectivity index (χ1v) is 9.98. The van der Waals surface area contributed by atoms with Crippen LogP contribution in [0.2, 0.25) is 0 Å². The second-order valence-corrected chi connectivity index (χ2v) is 8.23. The minimum Gasteiger partial charge on any atom is -0.443 e. The van der Waals surface area contributed by atoms with Gasteiger partial charge in [0.15, 0.2) is 5.96 Å². The summed E-state index contributed by atoms with van der Waals surface area (Å²) < 4.78 is 11.0. The lowest BCUT2D eigenvalue weighted by atomic mass is 9.94. The number of piperazine rings is 1. The number of guanidine groups is 1. The molecule has 0 radical (unpaired) electrons. The molecule has 0 spiro atoms. The highest BCUT2D eigenvalue weighted by Crippen LogP contribution is 2.22. The van der Waals surface area contributed by atoms with E-state index in [1.54, 1.807) is 0 Å². The summed E-state index contributed by atoms with van der Waals surface area (Å²) in [5.74, 6) is 3.31. The zero-order valence-electron chi connectivity index (χ0n) is 17.7. The molecule has 0 saturated carbocycles. The second-order valence-electron chi connectivity index (χ2n) is 8.23. The maximum atomic E-state index is 5.86. The van der Waals surface area contributed by atoms with E-state index in [9.17, 15) is 0 Å². The van der Waals surface area contributed by atoms with E-state index in [0.29, 0.717) is 12.4 Å². The van der Waals surface area contributed by atoms with Crippen molar-refractivity contribution in [3.8, 4) is 0 Å². The number of hydrogen-bond donors (Lipinski definition) is 1. The highest BCUT2D eigenvalue weighted by Gasteiger charge is 2.22. The number of rotatable bonds is 5. The van der Waals surface area contributed by atoms with Crippen LogP contribution in [0.5, 0.6) is 0 Å². The summed E-state index contributed by atoms with van der Waals surface area (Å²) in [6.45, 7) is 16.2. The lowest BCUT2D eigenvalue weighted by molar-refractivity contribution is 0.169. The molecule has 1 saturated heterocycles. The lowest BCUT2D eigenvalue weighted by Crippen LogP contribution is -2.52. The van der Waals surface area contributed by atoms with Gasteiger partial charge in [0, 0.05) is 50.7 Å². The summed E-state index contributed by atoms with van der Waals surface area (Å²) in [7, 11) is 0. The normalized spacial score (nSPS) is 16.6. The molecule has 3 heterocycles. The summed E-state index contributed by atoms with van der Waals surface area (Å²) in [6.07, 6.45) is 1.81. The number of aliphatic imine (C=N–C) groups is 1. The number of aromatic nitrogens is 2. The minimum atomic E-state index is -0.0435. The molecular formula is C20H32N6O2. The van der Waals surface area contributed by atoms with Crippen molar-refractivity contribution >= 4 is 5.96 Å². The van der Waals surface area contributed by atoms with Crippen LogP contribution in [0.25, 0.3) is 0 Å². The van der Waals surface area contributed by atoms with Gasteiger partial charge in [-0.1, -0.05) is 25.9 Å². The lowest BCUT2D eigenvalue weighted by Gasteiger charge is -2.36. The fourth-order valence-electron chi connectivity index (χ4n) is 3.14. The molecule has 0 aliphatic carbocycles. The van der Waals surface area contributed by atoms with E-state index in [4.69, 9.17) is 13.9 Å². The molecule has 8 heteroatoms. The summed E-state index contributed by atoms with van der Waals surface area (Å²) in [4.78, 5) is 13.8. The first-order valence-electron chi connectivity index (χ1n) is 9.98. The van der Waals surface area contributed by atoms with E-state index in [-0.39, 0.29) is 5.41 Å². The monoisotopic (exact) mass is 388 g/mol. The predicted molar refractivity (Wildman–Crippen MR) is 108 cm³/mol. The predicted octanol–water partition coefficient (Wildman–Crippen LogP) is 2.55. The standard InChI is InChI=1S/C20H32N6O2/c1-6-21-19(23-13-18-22-12-17(27-18)20(3,4)5)26-9-7-25(8-10-26)14-16-11-15(2)28-24-16/h11-12H,6-10,13-14H2,1-5H3,(H,21,23). The minimum absolute atomic E-state index is 0.0435. The Kier molecular flexibility index (Phi) is 6.39. The van der Waals surface area contributed by atoms with Gasteiger partial charge >= 0.3 is 0 Å². The van der Waals surface area contributed by atoms with Crippen molar-refractivity contribution in [2.24, 2.45) is 4.99 Å². The van der Waals surface area contributed by atoms with Crippen molar-refractivity contribution in [2.45, 2.75) is 53.1 Å². The Labute approximate surface area is 167 Å². The van der Waals surface area contributed by atoms with Crippen molar-refractivity contribution in [2.75, 3.05) is 32.7 Å². The second kappa shape index (κ2) is 8.77. The van der Waals surface area contributed by atoms with Gasteiger partial charge in [-0.25, -0.2) is 9.98 Å². The molecule has 0 unspecified atom stereocenters. The largest absolute Gasteiger partial charge is 0.443 e. The van der Waals surface area contributed by atoms with Gasteiger partial charge in [0.1, 0.15) is 18.1 Å². The van der Waals surface area contributed by atoms with Crippen LogP contribution in [0.3, 0.4) is 0 Å². The molecule has 154 valence electrons. The SMILES string of the molecule is CCNC(=NCc1ncc(C(C)(C)C)o1)N1CCN(Cc2cc(C)on2)CC1. The molecule has 1 fully saturated rings. The molecule has 0 amide bonds. The Bertz CT molecular complexity index is 781. The number of nitrogens with zero attached hydrogens (tertiary/aromatic N) is 5. The van der Waals surface area contributed by atoms with Crippen molar-refractivity contribution in [3.05, 3.63) is 35.4 Å². The zero-order valence-corrected chi connectivity index (χ0v) is 17.7. The molecule has 3 rings (SSSR count). The quantitative estimate of drug-likeness (QED) is 0.622. The number of oxazole rings is 1. The first kappa shape index (κ1) is 20.4. The summed E-state index contributed by atoms with van der Waals surface area (Å²) in [5.41, 5.74) is 0.947. The van der Waals surface area contributed by atoms with Crippen LogP contribution in [-0.4, -0.2) is 58.6 Å². The van der Waals surface area contributed by atoms with E-state index in [2.05, 4.69) is 53.0 Å². The van der Waals surface area contributed by atoms with E-state index >= 15 is 0 Å². The topological polar surface area (TPSA) is 82.9 Å². The van der Waals surface area contributed by atoms with Crippen molar-refractivity contribution in [1.29, 1.82) is 0 Å². The summed E-state index contributed by atoms with van der Waals surface area (Å²) in [5, 5.41) is 7.48. The van der Waals surface area contributed by atoms with Crippen LogP contribution in [0.4, 0.5) is 0 Å². The van der Waals surface area contributed by atoms with E-state index in [1.807, 2.05) is 19.2 Å². The molecule has 2 aromatic rings. The average molecular weight is 389 g/mol. The third-order valence-corrected chi connectivity index (χ3v) is 4.73. The number of aryl methyl sites for hydroxylation is 1. The van der Waals surface area contributed by atoms with Gasteiger partial charge in [-0.05, 0) is 13.8 Å². The smallest absolute Gasteiger partial charge is 0.216 e. The third kappa shape index (κ3) is 5.34. The van der Waals surface area contributed by atoms with Crippen molar-refractivity contribution < 1.29 is 8.94 Å². The Morgan fingerprint density at radius 2 is 2.00 bits per heavy atom. The molecule has 0 bridgehead atoms.